The Hall–Kier alpha value is -1.63. The molecule has 0 aromatic heterocycles. The quantitative estimate of drug-likeness (QED) is 0.516. The fourth-order valence-corrected chi connectivity index (χ4v) is 2.68. The van der Waals surface area contributed by atoms with Crippen LogP contribution < -0.4 is 16.0 Å². The molecule has 0 aromatic rings. The maximum atomic E-state index is 12.1. The predicted molar refractivity (Wildman–Crippen MR) is 66.3 cm³/mol. The Balaban J connectivity index is 1.95. The molecule has 1 aliphatic carbocycles. The van der Waals surface area contributed by atoms with Gasteiger partial charge in [0.2, 0.25) is 11.8 Å². The summed E-state index contributed by atoms with van der Waals surface area (Å²) in [5.74, 6) is -1.26. The van der Waals surface area contributed by atoms with Gasteiger partial charge in [-0.2, -0.15) is 0 Å². The molecule has 0 spiro atoms. The van der Waals surface area contributed by atoms with E-state index in [1.54, 1.807) is 6.92 Å². The van der Waals surface area contributed by atoms with Crippen molar-refractivity contribution in [3.63, 3.8) is 0 Å². The van der Waals surface area contributed by atoms with Crippen molar-refractivity contribution in [2.24, 2.45) is 5.41 Å². The lowest BCUT2D eigenvalue weighted by Crippen LogP contribution is -2.60. The van der Waals surface area contributed by atoms with Crippen LogP contribution in [0.2, 0.25) is 0 Å². The highest BCUT2D eigenvalue weighted by Crippen LogP contribution is 2.38. The number of aliphatic carboxylic acids is 1. The Morgan fingerprint density at radius 2 is 2.21 bits per heavy atom. The molecule has 0 bridgehead atoms. The topological polar surface area (TPSA) is 108 Å². The van der Waals surface area contributed by atoms with E-state index in [1.807, 2.05) is 0 Å². The molecule has 0 radical (unpaired) electrons. The normalized spacial score (nSPS) is 34.7. The molecule has 2 amide bonds. The maximum absolute atomic E-state index is 12.1. The van der Waals surface area contributed by atoms with Crippen LogP contribution in [0.3, 0.4) is 0 Å². The molecule has 3 unspecified atom stereocenters. The lowest BCUT2D eigenvalue weighted by molar-refractivity contribution is -0.149. The van der Waals surface area contributed by atoms with E-state index in [-0.39, 0.29) is 30.9 Å². The van der Waals surface area contributed by atoms with Crippen LogP contribution in [0.5, 0.6) is 0 Å². The van der Waals surface area contributed by atoms with Gasteiger partial charge in [-0.15, -0.1) is 0 Å². The molecule has 1 saturated heterocycles. The lowest BCUT2D eigenvalue weighted by Gasteiger charge is -2.30. The van der Waals surface area contributed by atoms with Gasteiger partial charge in [0.25, 0.3) is 0 Å². The molecule has 7 heteroatoms. The van der Waals surface area contributed by atoms with Crippen LogP contribution in [0, 0.1) is 5.41 Å². The van der Waals surface area contributed by atoms with E-state index >= 15 is 0 Å². The predicted octanol–water partition coefficient (Wildman–Crippen LogP) is -1.17. The molecule has 1 aliphatic heterocycles. The second-order valence-corrected chi connectivity index (χ2v) is 5.41. The van der Waals surface area contributed by atoms with Crippen LogP contribution in [0.1, 0.15) is 26.2 Å². The number of carboxylic acids is 1. The van der Waals surface area contributed by atoms with Gasteiger partial charge in [-0.1, -0.05) is 6.42 Å². The summed E-state index contributed by atoms with van der Waals surface area (Å²) in [5.41, 5.74) is -0.895. The Kier molecular flexibility index (Phi) is 3.75. The summed E-state index contributed by atoms with van der Waals surface area (Å²) in [4.78, 5) is 34.3. The summed E-state index contributed by atoms with van der Waals surface area (Å²) in [6.45, 7) is 2.02. The van der Waals surface area contributed by atoms with Gasteiger partial charge in [0.15, 0.2) is 0 Å². The van der Waals surface area contributed by atoms with Crippen molar-refractivity contribution in [3.8, 4) is 0 Å². The average Bonchev–Trinajstić information content (AvgIpc) is 2.73. The van der Waals surface area contributed by atoms with E-state index in [4.69, 9.17) is 0 Å². The maximum Gasteiger partial charge on any atom is 0.311 e. The van der Waals surface area contributed by atoms with E-state index in [1.165, 1.54) is 0 Å². The van der Waals surface area contributed by atoms with E-state index in [2.05, 4.69) is 16.0 Å². The molecule has 106 valence electrons. The van der Waals surface area contributed by atoms with Crippen molar-refractivity contribution in [1.29, 1.82) is 0 Å². The van der Waals surface area contributed by atoms with Crippen molar-refractivity contribution < 1.29 is 19.5 Å². The summed E-state index contributed by atoms with van der Waals surface area (Å²) >= 11 is 0. The Morgan fingerprint density at radius 1 is 1.47 bits per heavy atom. The molecule has 2 aliphatic rings. The van der Waals surface area contributed by atoms with Gasteiger partial charge < -0.3 is 15.7 Å². The van der Waals surface area contributed by atoms with Gasteiger partial charge in [-0.05, 0) is 19.8 Å². The van der Waals surface area contributed by atoms with Crippen molar-refractivity contribution in [2.45, 2.75) is 38.3 Å². The van der Waals surface area contributed by atoms with Gasteiger partial charge >= 0.3 is 5.97 Å². The van der Waals surface area contributed by atoms with Crippen molar-refractivity contribution in [2.75, 3.05) is 13.1 Å². The third-order valence-corrected chi connectivity index (χ3v) is 4.09. The van der Waals surface area contributed by atoms with Gasteiger partial charge in [0, 0.05) is 12.6 Å². The zero-order chi connectivity index (χ0) is 14.0. The average molecular weight is 269 g/mol. The van der Waals surface area contributed by atoms with Crippen LogP contribution >= 0.6 is 0 Å². The van der Waals surface area contributed by atoms with E-state index in [0.29, 0.717) is 12.8 Å². The van der Waals surface area contributed by atoms with Crippen LogP contribution in [0.25, 0.3) is 0 Å². The van der Waals surface area contributed by atoms with Crippen LogP contribution in [-0.2, 0) is 14.4 Å². The molecule has 4 N–H and O–H groups in total. The summed E-state index contributed by atoms with van der Waals surface area (Å²) in [7, 11) is 0. The monoisotopic (exact) mass is 269 g/mol. The molecule has 3 atom stereocenters. The molecule has 1 saturated carbocycles. The summed E-state index contributed by atoms with van der Waals surface area (Å²) in [5, 5.41) is 17.5. The number of hydrogen-bond acceptors (Lipinski definition) is 4. The van der Waals surface area contributed by atoms with Crippen LogP contribution in [0.15, 0.2) is 0 Å². The third kappa shape index (κ3) is 2.70. The minimum Gasteiger partial charge on any atom is -0.481 e. The molecular formula is C12H19N3O4. The minimum absolute atomic E-state index is 0.110. The molecule has 1 heterocycles. The van der Waals surface area contributed by atoms with Gasteiger partial charge in [0.1, 0.15) is 6.04 Å². The number of carbonyl (C=O) groups is 3. The highest BCUT2D eigenvalue weighted by atomic mass is 16.4. The SMILES string of the molecule is CC1(C(=O)O)CCCC1NC(=O)C1CNC(=O)CN1. The molecule has 19 heavy (non-hydrogen) atoms. The molecular weight excluding hydrogens is 250 g/mol. The van der Waals surface area contributed by atoms with Crippen molar-refractivity contribution >= 4 is 17.8 Å². The molecule has 2 fully saturated rings. The first-order valence-electron chi connectivity index (χ1n) is 6.47. The third-order valence-electron chi connectivity index (χ3n) is 4.09. The summed E-state index contributed by atoms with van der Waals surface area (Å²) < 4.78 is 0. The Labute approximate surface area is 111 Å². The number of rotatable bonds is 3. The summed E-state index contributed by atoms with van der Waals surface area (Å²) in [6.07, 6.45) is 2.04. The first kappa shape index (κ1) is 13.8. The van der Waals surface area contributed by atoms with E-state index < -0.39 is 17.4 Å². The first-order chi connectivity index (χ1) is 8.93. The second-order valence-electron chi connectivity index (χ2n) is 5.41. The second kappa shape index (κ2) is 5.16. The lowest BCUT2D eigenvalue weighted by atomic mass is 9.85. The number of carboxylic acid groups (broad SMARTS) is 1. The van der Waals surface area contributed by atoms with Gasteiger partial charge in [-0.25, -0.2) is 0 Å². The number of nitrogens with one attached hydrogen (secondary N) is 3. The number of carbonyl (C=O) groups excluding carboxylic acids is 2. The van der Waals surface area contributed by atoms with Crippen LogP contribution in [-0.4, -0.2) is 48.1 Å². The minimum atomic E-state index is -0.895. The zero-order valence-corrected chi connectivity index (χ0v) is 10.9. The van der Waals surface area contributed by atoms with Crippen molar-refractivity contribution in [1.82, 2.24) is 16.0 Å². The van der Waals surface area contributed by atoms with Gasteiger partial charge in [0.05, 0.1) is 12.0 Å². The van der Waals surface area contributed by atoms with Crippen molar-refractivity contribution in [3.05, 3.63) is 0 Å². The largest absolute Gasteiger partial charge is 0.481 e. The smallest absolute Gasteiger partial charge is 0.311 e. The summed E-state index contributed by atoms with van der Waals surface area (Å²) in [6, 6.07) is -0.840. The fourth-order valence-electron chi connectivity index (χ4n) is 2.68. The van der Waals surface area contributed by atoms with Crippen LogP contribution in [0.4, 0.5) is 0 Å². The standard InChI is InChI=1S/C12H19N3O4/c1-12(11(18)19)4-2-3-8(12)15-10(17)7-5-14-9(16)6-13-7/h7-8,13H,2-6H2,1H3,(H,14,16)(H,15,17)(H,18,19). The van der Waals surface area contributed by atoms with E-state index in [9.17, 15) is 19.5 Å². The molecule has 7 nitrogen and oxygen atoms in total. The Morgan fingerprint density at radius 3 is 2.79 bits per heavy atom. The number of piperazine rings is 1. The highest BCUT2D eigenvalue weighted by molar-refractivity contribution is 5.87. The van der Waals surface area contributed by atoms with Gasteiger partial charge in [-0.3, -0.25) is 19.7 Å². The fraction of sp³-hybridized carbons (Fsp3) is 0.750. The first-order valence-corrected chi connectivity index (χ1v) is 6.47. The molecule has 2 rings (SSSR count). The Bertz CT molecular complexity index is 402. The number of amides is 2. The molecule has 0 aromatic carbocycles. The van der Waals surface area contributed by atoms with E-state index in [0.717, 1.165) is 6.42 Å². The zero-order valence-electron chi connectivity index (χ0n) is 10.9. The highest BCUT2D eigenvalue weighted by Gasteiger charge is 2.46. The number of hydrogen-bond donors (Lipinski definition) is 4.